The van der Waals surface area contributed by atoms with Crippen LogP contribution < -0.4 is 9.64 Å². The van der Waals surface area contributed by atoms with Crippen molar-refractivity contribution in [3.63, 3.8) is 0 Å². The Morgan fingerprint density at radius 1 is 1.09 bits per heavy atom. The highest BCUT2D eigenvalue weighted by Crippen LogP contribution is 2.44. The SMILES string of the molecule is COc1ccc(C2C(CCCCC3=CC=C(F)CC3)N(C)C(=O)N2c2ccccc2)c(O)c1. The summed E-state index contributed by atoms with van der Waals surface area (Å²) >= 11 is 0. The van der Waals surface area contributed by atoms with Crippen molar-refractivity contribution in [2.75, 3.05) is 19.1 Å². The zero-order chi connectivity index (χ0) is 23.4. The van der Waals surface area contributed by atoms with Crippen molar-refractivity contribution in [3.8, 4) is 11.5 Å². The minimum atomic E-state index is -0.318. The number of hydrogen-bond donors (Lipinski definition) is 1. The maximum atomic E-state index is 13.3. The monoisotopic (exact) mass is 450 g/mol. The van der Waals surface area contributed by atoms with Gasteiger partial charge in [0, 0.05) is 30.8 Å². The number of likely N-dealkylation sites (N-methyl/N-ethyl adjacent to an activating group) is 1. The standard InChI is InChI=1S/C27H31FN2O3/c1-29-24(11-7-6-8-19-12-14-20(28)15-13-19)26(23-17-16-22(33-2)18-25(23)31)30(27(29)32)21-9-4-3-5-10-21/h3-5,9-10,12,14,16-18,24,26,31H,6-8,11,13,15H2,1-2H3. The summed E-state index contributed by atoms with van der Waals surface area (Å²) in [5, 5.41) is 10.8. The highest BCUT2D eigenvalue weighted by atomic mass is 19.1. The maximum Gasteiger partial charge on any atom is 0.325 e. The Hall–Kier alpha value is -3.28. The van der Waals surface area contributed by atoms with Gasteiger partial charge < -0.3 is 14.7 Å². The van der Waals surface area contributed by atoms with Crippen molar-refractivity contribution >= 4 is 11.7 Å². The topological polar surface area (TPSA) is 53.0 Å². The van der Waals surface area contributed by atoms with Crippen molar-refractivity contribution in [1.29, 1.82) is 0 Å². The van der Waals surface area contributed by atoms with E-state index in [0.717, 1.165) is 37.8 Å². The van der Waals surface area contributed by atoms with Crippen molar-refractivity contribution in [2.45, 2.75) is 50.6 Å². The van der Waals surface area contributed by atoms with E-state index >= 15 is 0 Å². The van der Waals surface area contributed by atoms with E-state index in [0.29, 0.717) is 17.7 Å². The molecule has 6 heteroatoms. The van der Waals surface area contributed by atoms with Crippen molar-refractivity contribution < 1.29 is 19.0 Å². The number of phenolic OH excluding ortho intramolecular Hbond substituents is 1. The number of carbonyl (C=O) groups excluding carboxylic acids is 1. The van der Waals surface area contributed by atoms with Gasteiger partial charge in [-0.3, -0.25) is 4.90 Å². The van der Waals surface area contributed by atoms with Crippen LogP contribution in [-0.4, -0.2) is 36.2 Å². The second-order valence-electron chi connectivity index (χ2n) is 8.72. The number of rotatable bonds is 8. The molecular weight excluding hydrogens is 419 g/mol. The van der Waals surface area contributed by atoms with Crippen LogP contribution in [0.3, 0.4) is 0 Å². The van der Waals surface area contributed by atoms with Gasteiger partial charge in [0.2, 0.25) is 0 Å². The predicted molar refractivity (Wildman–Crippen MR) is 128 cm³/mol. The molecule has 2 aliphatic rings. The fraction of sp³-hybridized carbons (Fsp3) is 0.370. The van der Waals surface area contributed by atoms with Crippen LogP contribution in [0, 0.1) is 0 Å². The molecule has 1 saturated heterocycles. The molecule has 2 aromatic rings. The van der Waals surface area contributed by atoms with Crippen LogP contribution in [0.2, 0.25) is 0 Å². The van der Waals surface area contributed by atoms with Crippen LogP contribution >= 0.6 is 0 Å². The molecule has 1 aliphatic carbocycles. The Morgan fingerprint density at radius 3 is 2.55 bits per heavy atom. The molecular formula is C27H31FN2O3. The van der Waals surface area contributed by atoms with E-state index in [9.17, 15) is 14.3 Å². The summed E-state index contributed by atoms with van der Waals surface area (Å²) in [7, 11) is 3.40. The molecule has 0 spiro atoms. The second-order valence-corrected chi connectivity index (χ2v) is 8.72. The summed E-state index contributed by atoms with van der Waals surface area (Å²) in [5.41, 5.74) is 2.79. The highest BCUT2D eigenvalue weighted by molar-refractivity contribution is 5.95. The molecule has 33 heavy (non-hydrogen) atoms. The number of phenols is 1. The summed E-state index contributed by atoms with van der Waals surface area (Å²) in [6.45, 7) is 0. The number of unbranched alkanes of at least 4 members (excludes halogenated alkanes) is 1. The third-order valence-electron chi connectivity index (χ3n) is 6.67. The van der Waals surface area contributed by atoms with Crippen molar-refractivity contribution in [3.05, 3.63) is 77.6 Å². The molecule has 1 heterocycles. The van der Waals surface area contributed by atoms with Crippen LogP contribution in [0.4, 0.5) is 14.9 Å². The zero-order valence-electron chi connectivity index (χ0n) is 19.2. The number of halogens is 1. The summed E-state index contributed by atoms with van der Waals surface area (Å²) in [6, 6.07) is 14.4. The van der Waals surface area contributed by atoms with E-state index in [1.54, 1.807) is 29.1 Å². The van der Waals surface area contributed by atoms with Gasteiger partial charge >= 0.3 is 6.03 Å². The molecule has 5 nitrogen and oxygen atoms in total. The number of hydrogen-bond acceptors (Lipinski definition) is 3. The van der Waals surface area contributed by atoms with E-state index in [2.05, 4.69) is 0 Å². The van der Waals surface area contributed by atoms with Gasteiger partial charge in [0.25, 0.3) is 0 Å². The molecule has 2 unspecified atom stereocenters. The molecule has 2 aromatic carbocycles. The Labute approximate surface area is 194 Å². The van der Waals surface area contributed by atoms with Crippen LogP contribution in [0.1, 0.15) is 50.1 Å². The third kappa shape index (κ3) is 4.90. The van der Waals surface area contributed by atoms with Gasteiger partial charge in [-0.05, 0) is 56.0 Å². The van der Waals surface area contributed by atoms with Gasteiger partial charge in [-0.15, -0.1) is 0 Å². The zero-order valence-corrected chi connectivity index (χ0v) is 19.2. The lowest BCUT2D eigenvalue weighted by molar-refractivity contribution is 0.213. The number of urea groups is 1. The number of aromatic hydroxyl groups is 1. The first kappa shape index (κ1) is 22.9. The lowest BCUT2D eigenvalue weighted by Gasteiger charge is -2.28. The average molecular weight is 451 g/mol. The van der Waals surface area contributed by atoms with Crippen LogP contribution in [0.5, 0.6) is 11.5 Å². The molecule has 0 aromatic heterocycles. The van der Waals surface area contributed by atoms with Gasteiger partial charge in [0.15, 0.2) is 0 Å². The number of ether oxygens (including phenoxy) is 1. The smallest absolute Gasteiger partial charge is 0.325 e. The third-order valence-corrected chi connectivity index (χ3v) is 6.67. The minimum absolute atomic E-state index is 0.0482. The van der Waals surface area contributed by atoms with E-state index < -0.39 is 0 Å². The molecule has 2 amide bonds. The molecule has 1 N–H and O–H groups in total. The Morgan fingerprint density at radius 2 is 1.88 bits per heavy atom. The Kier molecular flexibility index (Phi) is 7.02. The fourth-order valence-corrected chi connectivity index (χ4v) is 4.84. The van der Waals surface area contributed by atoms with Gasteiger partial charge in [-0.1, -0.05) is 36.3 Å². The largest absolute Gasteiger partial charge is 0.507 e. The summed E-state index contributed by atoms with van der Waals surface area (Å²) in [4.78, 5) is 16.9. The number of para-hydroxylation sites is 1. The Balaban J connectivity index is 1.56. The number of methoxy groups -OCH3 is 1. The maximum absolute atomic E-state index is 13.3. The normalized spacial score (nSPS) is 20.6. The van der Waals surface area contributed by atoms with Crippen molar-refractivity contribution in [1.82, 2.24) is 4.90 Å². The number of allylic oxidation sites excluding steroid dienone is 4. The molecule has 0 radical (unpaired) electrons. The van der Waals surface area contributed by atoms with Crippen LogP contribution in [0.15, 0.2) is 72.1 Å². The van der Waals surface area contributed by atoms with Gasteiger partial charge in [0.1, 0.15) is 17.3 Å². The molecule has 0 saturated carbocycles. The van der Waals surface area contributed by atoms with E-state index in [1.807, 2.05) is 55.6 Å². The number of carbonyl (C=O) groups is 1. The first-order valence-corrected chi connectivity index (χ1v) is 11.5. The Bertz CT molecular complexity index is 1050. The molecule has 4 rings (SSSR count). The number of nitrogens with zero attached hydrogens (tertiary/aromatic N) is 2. The second kappa shape index (κ2) is 10.1. The number of anilines is 1. The van der Waals surface area contributed by atoms with E-state index in [-0.39, 0.29) is 29.7 Å². The van der Waals surface area contributed by atoms with E-state index in [1.165, 1.54) is 5.57 Å². The number of amides is 2. The first-order chi connectivity index (χ1) is 16.0. The average Bonchev–Trinajstić information content (AvgIpc) is 3.08. The van der Waals surface area contributed by atoms with Crippen LogP contribution in [0.25, 0.3) is 0 Å². The molecule has 0 bridgehead atoms. The van der Waals surface area contributed by atoms with Gasteiger partial charge in [0.05, 0.1) is 19.2 Å². The predicted octanol–water partition coefficient (Wildman–Crippen LogP) is 6.52. The summed E-state index contributed by atoms with van der Waals surface area (Å²) in [5.74, 6) is 0.644. The summed E-state index contributed by atoms with van der Waals surface area (Å²) < 4.78 is 18.5. The number of benzene rings is 2. The molecule has 174 valence electrons. The molecule has 1 fully saturated rings. The molecule has 1 aliphatic heterocycles. The highest BCUT2D eigenvalue weighted by Gasteiger charge is 2.46. The fourth-order valence-electron chi connectivity index (χ4n) is 4.84. The van der Waals surface area contributed by atoms with Gasteiger partial charge in [-0.25, -0.2) is 9.18 Å². The lowest BCUT2D eigenvalue weighted by atomic mass is 9.92. The van der Waals surface area contributed by atoms with Crippen LogP contribution in [-0.2, 0) is 0 Å². The summed E-state index contributed by atoms with van der Waals surface area (Å²) in [6.07, 6.45) is 8.41. The quantitative estimate of drug-likeness (QED) is 0.466. The van der Waals surface area contributed by atoms with E-state index in [4.69, 9.17) is 4.74 Å². The minimum Gasteiger partial charge on any atom is -0.507 e. The lowest BCUT2D eigenvalue weighted by Crippen LogP contribution is -2.31. The van der Waals surface area contributed by atoms with Gasteiger partial charge in [-0.2, -0.15) is 0 Å². The first-order valence-electron chi connectivity index (χ1n) is 11.5. The van der Waals surface area contributed by atoms with Crippen molar-refractivity contribution in [2.24, 2.45) is 0 Å². The molecule has 2 atom stereocenters.